The third-order valence-corrected chi connectivity index (χ3v) is 5.55. The molecule has 3 rings (SSSR count). The predicted molar refractivity (Wildman–Crippen MR) is 99.6 cm³/mol. The predicted octanol–water partition coefficient (Wildman–Crippen LogP) is 2.42. The molecule has 2 aliphatic rings. The van der Waals surface area contributed by atoms with Crippen molar-refractivity contribution >= 4 is 17.5 Å². The van der Waals surface area contributed by atoms with Crippen molar-refractivity contribution in [2.45, 2.75) is 51.5 Å². The lowest BCUT2D eigenvalue weighted by molar-refractivity contribution is -0.126. The molecule has 2 aliphatic heterocycles. The summed E-state index contributed by atoms with van der Waals surface area (Å²) in [4.78, 5) is 26.8. The van der Waals surface area contributed by atoms with Gasteiger partial charge in [-0.15, -0.1) is 0 Å². The van der Waals surface area contributed by atoms with E-state index in [1.54, 1.807) is 4.90 Å². The molecule has 3 atom stereocenters. The van der Waals surface area contributed by atoms with E-state index in [2.05, 4.69) is 30.5 Å². The number of benzene rings is 1. The Labute approximate surface area is 150 Å². The Balaban J connectivity index is 1.65. The van der Waals surface area contributed by atoms with Crippen LogP contribution in [0.1, 0.15) is 51.0 Å². The molecule has 2 N–H and O–H groups in total. The van der Waals surface area contributed by atoms with E-state index in [0.717, 1.165) is 25.1 Å². The van der Waals surface area contributed by atoms with E-state index in [4.69, 9.17) is 0 Å². The van der Waals surface area contributed by atoms with E-state index >= 15 is 0 Å². The minimum absolute atomic E-state index is 0.00516. The largest absolute Gasteiger partial charge is 0.354 e. The first-order valence-electron chi connectivity index (χ1n) is 9.50. The van der Waals surface area contributed by atoms with Crippen LogP contribution in [0.3, 0.4) is 0 Å². The molecule has 0 saturated carbocycles. The van der Waals surface area contributed by atoms with Gasteiger partial charge in [-0.25, -0.2) is 0 Å². The molecule has 2 heterocycles. The molecule has 0 aliphatic carbocycles. The monoisotopic (exact) mass is 343 g/mol. The lowest BCUT2D eigenvalue weighted by Crippen LogP contribution is -2.40. The molecule has 5 nitrogen and oxygen atoms in total. The van der Waals surface area contributed by atoms with E-state index < -0.39 is 0 Å². The Kier molecular flexibility index (Phi) is 5.74. The first kappa shape index (κ1) is 17.9. The van der Waals surface area contributed by atoms with Crippen LogP contribution in [0.25, 0.3) is 0 Å². The van der Waals surface area contributed by atoms with Gasteiger partial charge in [-0.2, -0.15) is 0 Å². The number of carbonyl (C=O) groups excluding carboxylic acids is 2. The molecular formula is C20H29N3O2. The average Bonchev–Trinajstić information content (AvgIpc) is 3.28. The number of anilines is 1. The molecule has 0 radical (unpaired) electrons. The fourth-order valence-electron chi connectivity index (χ4n) is 3.79. The maximum Gasteiger partial charge on any atom is 0.227 e. The van der Waals surface area contributed by atoms with E-state index in [9.17, 15) is 9.59 Å². The molecule has 25 heavy (non-hydrogen) atoms. The van der Waals surface area contributed by atoms with Gasteiger partial charge in [0.2, 0.25) is 11.8 Å². The highest BCUT2D eigenvalue weighted by atomic mass is 16.2. The third kappa shape index (κ3) is 4.03. The fourth-order valence-corrected chi connectivity index (χ4v) is 3.79. The summed E-state index contributed by atoms with van der Waals surface area (Å²) in [7, 11) is 0. The van der Waals surface area contributed by atoms with Crippen molar-refractivity contribution < 1.29 is 9.59 Å². The molecule has 2 saturated heterocycles. The summed E-state index contributed by atoms with van der Waals surface area (Å²) in [5.74, 6) is 0.199. The molecule has 1 aromatic carbocycles. The van der Waals surface area contributed by atoms with Gasteiger partial charge in [0.05, 0.1) is 5.92 Å². The number of carbonyl (C=O) groups is 2. The highest BCUT2D eigenvalue weighted by Crippen LogP contribution is 2.33. The summed E-state index contributed by atoms with van der Waals surface area (Å²) in [5, 5.41) is 6.41. The van der Waals surface area contributed by atoms with Gasteiger partial charge < -0.3 is 15.5 Å². The minimum Gasteiger partial charge on any atom is -0.354 e. The zero-order chi connectivity index (χ0) is 17.8. The van der Waals surface area contributed by atoms with Crippen LogP contribution >= 0.6 is 0 Å². The van der Waals surface area contributed by atoms with E-state index in [-0.39, 0.29) is 17.7 Å². The lowest BCUT2D eigenvalue weighted by Gasteiger charge is -2.23. The summed E-state index contributed by atoms with van der Waals surface area (Å²) >= 11 is 0. The molecule has 0 aromatic heterocycles. The summed E-state index contributed by atoms with van der Waals surface area (Å²) in [5.41, 5.74) is 2.16. The summed E-state index contributed by atoms with van der Waals surface area (Å²) < 4.78 is 0. The maximum atomic E-state index is 12.5. The first-order valence-corrected chi connectivity index (χ1v) is 9.50. The van der Waals surface area contributed by atoms with Crippen molar-refractivity contribution in [3.8, 4) is 0 Å². The zero-order valence-electron chi connectivity index (χ0n) is 15.3. The first-order chi connectivity index (χ1) is 12.1. The van der Waals surface area contributed by atoms with Gasteiger partial charge in [0.25, 0.3) is 0 Å². The highest BCUT2D eigenvalue weighted by Gasteiger charge is 2.36. The number of nitrogens with zero attached hydrogens (tertiary/aromatic N) is 1. The lowest BCUT2D eigenvalue weighted by atomic mass is 9.96. The van der Waals surface area contributed by atoms with Gasteiger partial charge in [-0.05, 0) is 43.4 Å². The zero-order valence-corrected chi connectivity index (χ0v) is 15.3. The van der Waals surface area contributed by atoms with Gasteiger partial charge in [-0.1, -0.05) is 32.0 Å². The molecule has 0 bridgehead atoms. The van der Waals surface area contributed by atoms with Gasteiger partial charge >= 0.3 is 0 Å². The maximum absolute atomic E-state index is 12.5. The number of amides is 2. The van der Waals surface area contributed by atoms with Gasteiger partial charge in [0.1, 0.15) is 0 Å². The second-order valence-electron chi connectivity index (χ2n) is 7.31. The van der Waals surface area contributed by atoms with Gasteiger partial charge in [-0.3, -0.25) is 9.59 Å². The van der Waals surface area contributed by atoms with Crippen molar-refractivity contribution in [1.82, 2.24) is 10.6 Å². The van der Waals surface area contributed by atoms with Crippen molar-refractivity contribution in [1.29, 1.82) is 0 Å². The molecule has 136 valence electrons. The van der Waals surface area contributed by atoms with Crippen LogP contribution < -0.4 is 15.5 Å². The van der Waals surface area contributed by atoms with Crippen LogP contribution in [-0.2, 0) is 9.59 Å². The topological polar surface area (TPSA) is 61.4 Å². The average molecular weight is 343 g/mol. The molecule has 1 aromatic rings. The van der Waals surface area contributed by atoms with Gasteiger partial charge in [0.15, 0.2) is 0 Å². The normalized spacial score (nSPS) is 24.6. The summed E-state index contributed by atoms with van der Waals surface area (Å²) in [6, 6.07) is 8.46. The second kappa shape index (κ2) is 8.00. The van der Waals surface area contributed by atoms with Crippen molar-refractivity contribution in [3.05, 3.63) is 29.8 Å². The van der Waals surface area contributed by atoms with Gasteiger partial charge in [0, 0.05) is 31.2 Å². The Morgan fingerprint density at radius 2 is 2.20 bits per heavy atom. The summed E-state index contributed by atoms with van der Waals surface area (Å²) in [6.45, 7) is 6.50. The van der Waals surface area contributed by atoms with Crippen LogP contribution in [0, 0.1) is 5.92 Å². The fraction of sp³-hybridized carbons (Fsp3) is 0.600. The van der Waals surface area contributed by atoms with E-state index in [1.165, 1.54) is 12.0 Å². The standard InChI is InChI=1S/C20H29N3O2/c1-3-14(2)17-8-4-5-9-18(17)23-13-15(11-19(23)24)20(25)22-12-16-7-6-10-21-16/h4-5,8-9,14-16,21H,3,6-7,10-13H2,1-2H3,(H,22,25). The van der Waals surface area contributed by atoms with Crippen molar-refractivity contribution in [3.63, 3.8) is 0 Å². The second-order valence-corrected chi connectivity index (χ2v) is 7.31. The number of hydrogen-bond donors (Lipinski definition) is 2. The van der Waals surface area contributed by atoms with Crippen LogP contribution in [0.15, 0.2) is 24.3 Å². The smallest absolute Gasteiger partial charge is 0.227 e. The SMILES string of the molecule is CCC(C)c1ccccc1N1CC(C(=O)NCC2CCCN2)CC1=O. The Morgan fingerprint density at radius 3 is 2.92 bits per heavy atom. The van der Waals surface area contributed by atoms with Crippen LogP contribution in [0.5, 0.6) is 0 Å². The van der Waals surface area contributed by atoms with Crippen molar-refractivity contribution in [2.75, 3.05) is 24.5 Å². The molecule has 3 unspecified atom stereocenters. The van der Waals surface area contributed by atoms with Crippen LogP contribution in [-0.4, -0.2) is 37.5 Å². The number of rotatable bonds is 6. The molecule has 2 fully saturated rings. The number of para-hydroxylation sites is 1. The number of nitrogens with one attached hydrogen (secondary N) is 2. The van der Waals surface area contributed by atoms with Crippen LogP contribution in [0.4, 0.5) is 5.69 Å². The third-order valence-electron chi connectivity index (χ3n) is 5.55. The quantitative estimate of drug-likeness (QED) is 0.834. The number of hydrogen-bond acceptors (Lipinski definition) is 3. The van der Waals surface area contributed by atoms with Crippen molar-refractivity contribution in [2.24, 2.45) is 5.92 Å². The van der Waals surface area contributed by atoms with Crippen LogP contribution in [0.2, 0.25) is 0 Å². The Bertz CT molecular complexity index is 625. The molecule has 0 spiro atoms. The molecule has 2 amide bonds. The van der Waals surface area contributed by atoms with E-state index in [0.29, 0.717) is 31.5 Å². The molecule has 5 heteroatoms. The molecular weight excluding hydrogens is 314 g/mol. The minimum atomic E-state index is -0.251. The summed E-state index contributed by atoms with van der Waals surface area (Å²) in [6.07, 6.45) is 3.61. The Morgan fingerprint density at radius 1 is 1.40 bits per heavy atom. The van der Waals surface area contributed by atoms with E-state index in [1.807, 2.05) is 18.2 Å². The highest BCUT2D eigenvalue weighted by molar-refractivity contribution is 6.00. The Hall–Kier alpha value is -1.88.